The highest BCUT2D eigenvalue weighted by molar-refractivity contribution is 7.80. The molecular weight excluding hydrogens is 253 g/mol. The zero-order valence-electron chi connectivity index (χ0n) is 10.1. The van der Waals surface area contributed by atoms with Gasteiger partial charge in [-0.3, -0.25) is 0 Å². The fourth-order valence-corrected chi connectivity index (χ4v) is 1.64. The number of rotatable bonds is 5. The van der Waals surface area contributed by atoms with E-state index in [9.17, 15) is 9.18 Å². The number of anilines is 1. The van der Waals surface area contributed by atoms with E-state index in [1.165, 1.54) is 18.2 Å². The quantitative estimate of drug-likeness (QED) is 0.719. The van der Waals surface area contributed by atoms with Crippen molar-refractivity contribution in [1.82, 2.24) is 5.32 Å². The Labute approximate surface area is 111 Å². The summed E-state index contributed by atoms with van der Waals surface area (Å²) in [6.07, 6.45) is 1.52. The third-order valence-electron chi connectivity index (χ3n) is 2.31. The first-order valence-electron chi connectivity index (χ1n) is 5.65. The molecule has 0 aliphatic heterocycles. The Hall–Kier alpha value is -1.69. The number of carbonyl (C=O) groups is 1. The molecule has 0 saturated carbocycles. The van der Waals surface area contributed by atoms with Crippen molar-refractivity contribution in [3.63, 3.8) is 0 Å². The van der Waals surface area contributed by atoms with Crippen molar-refractivity contribution in [2.45, 2.75) is 25.8 Å². The van der Waals surface area contributed by atoms with Crippen molar-refractivity contribution in [3.8, 4) is 0 Å². The molecule has 0 heterocycles. The van der Waals surface area contributed by atoms with Crippen LogP contribution in [0.3, 0.4) is 0 Å². The largest absolute Gasteiger partial charge is 0.392 e. The lowest BCUT2D eigenvalue weighted by molar-refractivity contribution is 0.250. The van der Waals surface area contributed by atoms with Gasteiger partial charge in [0.25, 0.3) is 0 Å². The van der Waals surface area contributed by atoms with Gasteiger partial charge in [-0.05, 0) is 24.6 Å². The summed E-state index contributed by atoms with van der Waals surface area (Å²) in [5.41, 5.74) is 5.90. The Morgan fingerprint density at radius 2 is 2.28 bits per heavy atom. The molecule has 0 radical (unpaired) electrons. The number of halogens is 1. The highest BCUT2D eigenvalue weighted by Gasteiger charge is 2.13. The first kappa shape index (κ1) is 14.4. The summed E-state index contributed by atoms with van der Waals surface area (Å²) < 4.78 is 12.9. The van der Waals surface area contributed by atoms with Crippen molar-refractivity contribution in [1.29, 1.82) is 0 Å². The van der Waals surface area contributed by atoms with Crippen LogP contribution in [0.15, 0.2) is 24.3 Å². The van der Waals surface area contributed by atoms with Crippen LogP contribution >= 0.6 is 12.2 Å². The average molecular weight is 269 g/mol. The Kier molecular flexibility index (Phi) is 5.51. The Morgan fingerprint density at radius 1 is 1.56 bits per heavy atom. The highest BCUT2D eigenvalue weighted by atomic mass is 32.1. The zero-order valence-corrected chi connectivity index (χ0v) is 10.9. The highest BCUT2D eigenvalue weighted by Crippen LogP contribution is 2.09. The minimum Gasteiger partial charge on any atom is -0.392 e. The molecule has 6 heteroatoms. The van der Waals surface area contributed by atoms with Crippen LogP contribution in [0.2, 0.25) is 0 Å². The van der Waals surface area contributed by atoms with E-state index in [4.69, 9.17) is 18.0 Å². The Bertz CT molecular complexity index is 439. The van der Waals surface area contributed by atoms with Gasteiger partial charge in [0.1, 0.15) is 5.82 Å². The predicted octanol–water partition coefficient (Wildman–Crippen LogP) is 2.40. The molecule has 0 aliphatic carbocycles. The van der Waals surface area contributed by atoms with Crippen LogP contribution in [0, 0.1) is 5.82 Å². The number of carbonyl (C=O) groups excluding carboxylic acids is 1. The summed E-state index contributed by atoms with van der Waals surface area (Å²) in [6.45, 7) is 1.97. The minimum absolute atomic E-state index is 0.242. The standard InChI is InChI=1S/C12H16FN3OS/c1-2-4-10(11(14)18)16-12(17)15-9-6-3-5-8(13)7-9/h3,5-7,10H,2,4H2,1H3,(H2,14,18)(H2,15,16,17). The van der Waals surface area contributed by atoms with Gasteiger partial charge in [0, 0.05) is 5.69 Å². The van der Waals surface area contributed by atoms with Crippen LogP contribution in [0.4, 0.5) is 14.9 Å². The van der Waals surface area contributed by atoms with E-state index in [-0.39, 0.29) is 11.0 Å². The van der Waals surface area contributed by atoms with Crippen molar-refractivity contribution >= 4 is 28.9 Å². The second-order valence-electron chi connectivity index (χ2n) is 3.85. The van der Waals surface area contributed by atoms with Crippen LogP contribution in [-0.2, 0) is 0 Å². The fraction of sp³-hybridized carbons (Fsp3) is 0.333. The molecule has 1 aromatic carbocycles. The van der Waals surface area contributed by atoms with Gasteiger partial charge in [-0.15, -0.1) is 0 Å². The molecule has 0 saturated heterocycles. The summed E-state index contributed by atoms with van der Waals surface area (Å²) in [5, 5.41) is 5.17. The number of amides is 2. The maximum Gasteiger partial charge on any atom is 0.319 e. The molecule has 0 bridgehead atoms. The number of hydrogen-bond acceptors (Lipinski definition) is 2. The lowest BCUT2D eigenvalue weighted by Crippen LogP contribution is -2.45. The zero-order chi connectivity index (χ0) is 13.5. The van der Waals surface area contributed by atoms with Crippen LogP contribution in [-0.4, -0.2) is 17.1 Å². The van der Waals surface area contributed by atoms with Crippen LogP contribution in [0.25, 0.3) is 0 Å². The van der Waals surface area contributed by atoms with E-state index in [0.717, 1.165) is 6.42 Å². The van der Waals surface area contributed by atoms with Gasteiger partial charge < -0.3 is 16.4 Å². The smallest absolute Gasteiger partial charge is 0.319 e. The van der Waals surface area contributed by atoms with Gasteiger partial charge in [0.2, 0.25) is 0 Å². The average Bonchev–Trinajstić information content (AvgIpc) is 2.28. The van der Waals surface area contributed by atoms with Crippen molar-refractivity contribution < 1.29 is 9.18 Å². The lowest BCUT2D eigenvalue weighted by atomic mass is 10.2. The summed E-state index contributed by atoms with van der Waals surface area (Å²) in [5.74, 6) is -0.410. The third kappa shape index (κ3) is 4.67. The van der Waals surface area contributed by atoms with Crippen molar-refractivity contribution in [2.75, 3.05) is 5.32 Å². The van der Waals surface area contributed by atoms with E-state index < -0.39 is 11.8 Å². The molecule has 98 valence electrons. The van der Waals surface area contributed by atoms with E-state index in [2.05, 4.69) is 10.6 Å². The summed E-state index contributed by atoms with van der Waals surface area (Å²) in [7, 11) is 0. The number of urea groups is 1. The van der Waals surface area contributed by atoms with Gasteiger partial charge in [0.15, 0.2) is 0 Å². The van der Waals surface area contributed by atoms with Crippen LogP contribution in [0.5, 0.6) is 0 Å². The molecule has 4 nitrogen and oxygen atoms in total. The number of thiocarbonyl (C=S) groups is 1. The molecule has 0 aliphatic rings. The monoisotopic (exact) mass is 269 g/mol. The topological polar surface area (TPSA) is 67.2 Å². The molecule has 2 amide bonds. The second kappa shape index (κ2) is 6.90. The predicted molar refractivity (Wildman–Crippen MR) is 74.0 cm³/mol. The molecule has 1 rings (SSSR count). The fourth-order valence-electron chi connectivity index (χ4n) is 1.47. The van der Waals surface area contributed by atoms with Crippen LogP contribution in [0.1, 0.15) is 19.8 Å². The lowest BCUT2D eigenvalue weighted by Gasteiger charge is -2.17. The third-order valence-corrected chi connectivity index (χ3v) is 2.59. The van der Waals surface area contributed by atoms with E-state index >= 15 is 0 Å². The molecule has 0 aromatic heterocycles. The molecule has 1 unspecified atom stereocenters. The Morgan fingerprint density at radius 3 is 2.83 bits per heavy atom. The normalized spacial score (nSPS) is 11.7. The summed E-state index contributed by atoms with van der Waals surface area (Å²) in [4.78, 5) is 11.9. The van der Waals surface area contributed by atoms with E-state index in [0.29, 0.717) is 12.1 Å². The number of nitrogens with one attached hydrogen (secondary N) is 2. The SMILES string of the molecule is CCCC(NC(=O)Nc1cccc(F)c1)C(N)=S. The summed E-state index contributed by atoms with van der Waals surface area (Å²) in [6, 6.07) is 4.85. The number of benzene rings is 1. The molecule has 0 spiro atoms. The maximum absolute atomic E-state index is 12.9. The first-order valence-corrected chi connectivity index (χ1v) is 6.06. The Balaban J connectivity index is 2.57. The summed E-state index contributed by atoms with van der Waals surface area (Å²) >= 11 is 4.86. The van der Waals surface area contributed by atoms with Gasteiger partial charge >= 0.3 is 6.03 Å². The molecule has 1 aromatic rings. The molecular formula is C12H16FN3OS. The van der Waals surface area contributed by atoms with Crippen LogP contribution < -0.4 is 16.4 Å². The second-order valence-corrected chi connectivity index (χ2v) is 4.32. The van der Waals surface area contributed by atoms with Gasteiger partial charge in [-0.1, -0.05) is 31.6 Å². The number of hydrogen-bond donors (Lipinski definition) is 3. The van der Waals surface area contributed by atoms with Gasteiger partial charge in [-0.25, -0.2) is 9.18 Å². The maximum atomic E-state index is 12.9. The van der Waals surface area contributed by atoms with E-state index in [1.807, 2.05) is 6.92 Å². The number of nitrogens with two attached hydrogens (primary N) is 1. The van der Waals surface area contributed by atoms with Gasteiger partial charge in [-0.2, -0.15) is 0 Å². The molecule has 0 fully saturated rings. The van der Waals surface area contributed by atoms with Crippen molar-refractivity contribution in [2.24, 2.45) is 5.73 Å². The van der Waals surface area contributed by atoms with Gasteiger partial charge in [0.05, 0.1) is 11.0 Å². The minimum atomic E-state index is -0.452. The van der Waals surface area contributed by atoms with Crippen molar-refractivity contribution in [3.05, 3.63) is 30.1 Å². The molecule has 1 atom stereocenters. The molecule has 18 heavy (non-hydrogen) atoms. The van der Waals surface area contributed by atoms with E-state index in [1.54, 1.807) is 6.07 Å². The molecule has 4 N–H and O–H groups in total. The first-order chi connectivity index (χ1) is 8.52.